The predicted octanol–water partition coefficient (Wildman–Crippen LogP) is 5.37. The highest BCUT2D eigenvalue weighted by Gasteiger charge is 2.34. The van der Waals surface area contributed by atoms with E-state index >= 15 is 0 Å². The minimum absolute atomic E-state index is 0.0500. The molecule has 6 rings (SSSR count). The SMILES string of the molecule is Cc1ccc2[nH]c(=O)c([C@@H](c3nnnn3C3CCCCC3)N3CCC(Cc4ccccc4)CC3)cc2c1. The average Bonchev–Trinajstić information content (AvgIpc) is 3.41. The molecule has 37 heavy (non-hydrogen) atoms. The number of likely N-dealkylation sites (tertiary alicyclic amines) is 1. The van der Waals surface area contributed by atoms with Gasteiger partial charge in [0.2, 0.25) is 0 Å². The molecule has 0 radical (unpaired) electrons. The quantitative estimate of drug-likeness (QED) is 0.388. The van der Waals surface area contributed by atoms with Gasteiger partial charge in [-0.15, -0.1) is 5.10 Å². The van der Waals surface area contributed by atoms with Gasteiger partial charge in [0, 0.05) is 11.1 Å². The van der Waals surface area contributed by atoms with Gasteiger partial charge in [-0.2, -0.15) is 0 Å². The number of tetrazole rings is 1. The molecule has 7 heteroatoms. The number of fused-ring (bicyclic) bond motifs is 1. The Morgan fingerprint density at radius 2 is 1.76 bits per heavy atom. The van der Waals surface area contributed by atoms with Gasteiger partial charge in [0.05, 0.1) is 6.04 Å². The number of nitrogens with zero attached hydrogens (tertiary/aromatic N) is 5. The third-order valence-corrected chi connectivity index (χ3v) is 8.39. The van der Waals surface area contributed by atoms with Crippen molar-refractivity contribution in [2.24, 2.45) is 5.92 Å². The molecule has 0 bridgehead atoms. The number of rotatable bonds is 6. The molecule has 1 saturated carbocycles. The number of benzene rings is 2. The van der Waals surface area contributed by atoms with Crippen LogP contribution in [0.1, 0.15) is 79.5 Å². The number of aromatic nitrogens is 5. The summed E-state index contributed by atoms with van der Waals surface area (Å²) < 4.78 is 2.04. The number of H-pyrrole nitrogens is 1. The fraction of sp³-hybridized carbons (Fsp3) is 0.467. The van der Waals surface area contributed by atoms with Crippen LogP contribution < -0.4 is 5.56 Å². The Kier molecular flexibility index (Phi) is 6.87. The monoisotopic (exact) mass is 496 g/mol. The maximum atomic E-state index is 13.5. The second-order valence-corrected chi connectivity index (χ2v) is 11.0. The molecule has 2 fully saturated rings. The number of nitrogens with one attached hydrogen (secondary N) is 1. The minimum atomic E-state index is -0.261. The molecule has 1 saturated heterocycles. The van der Waals surface area contributed by atoms with Gasteiger partial charge in [0.1, 0.15) is 6.04 Å². The third-order valence-electron chi connectivity index (χ3n) is 8.39. The van der Waals surface area contributed by atoms with Crippen molar-refractivity contribution in [2.45, 2.75) is 70.4 Å². The Hall–Kier alpha value is -3.32. The highest BCUT2D eigenvalue weighted by atomic mass is 16.1. The van der Waals surface area contributed by atoms with Crippen LogP contribution >= 0.6 is 0 Å². The lowest BCUT2D eigenvalue weighted by molar-refractivity contribution is 0.140. The molecule has 1 aliphatic heterocycles. The van der Waals surface area contributed by atoms with E-state index in [0.717, 1.165) is 67.5 Å². The minimum Gasteiger partial charge on any atom is -0.322 e. The van der Waals surface area contributed by atoms with E-state index in [0.29, 0.717) is 12.0 Å². The molecule has 192 valence electrons. The average molecular weight is 497 g/mol. The summed E-state index contributed by atoms with van der Waals surface area (Å²) in [6.45, 7) is 3.93. The van der Waals surface area contributed by atoms with Crippen molar-refractivity contribution < 1.29 is 0 Å². The Labute approximate surface area is 217 Å². The first-order valence-corrected chi connectivity index (χ1v) is 13.8. The van der Waals surface area contributed by atoms with Crippen LogP contribution in [0.15, 0.2) is 59.4 Å². The zero-order valence-electron chi connectivity index (χ0n) is 21.6. The summed E-state index contributed by atoms with van der Waals surface area (Å²) >= 11 is 0. The number of piperidine rings is 1. The van der Waals surface area contributed by atoms with E-state index in [4.69, 9.17) is 0 Å². The molecule has 1 atom stereocenters. The van der Waals surface area contributed by atoms with Crippen molar-refractivity contribution in [1.82, 2.24) is 30.1 Å². The van der Waals surface area contributed by atoms with E-state index in [2.05, 4.69) is 74.8 Å². The van der Waals surface area contributed by atoms with Gasteiger partial charge in [0.25, 0.3) is 5.56 Å². The largest absolute Gasteiger partial charge is 0.322 e. The summed E-state index contributed by atoms with van der Waals surface area (Å²) in [6.07, 6.45) is 9.17. The van der Waals surface area contributed by atoms with E-state index < -0.39 is 0 Å². The van der Waals surface area contributed by atoms with Crippen LogP contribution in [0.3, 0.4) is 0 Å². The molecular weight excluding hydrogens is 460 g/mol. The van der Waals surface area contributed by atoms with Gasteiger partial charge in [-0.1, -0.05) is 61.2 Å². The van der Waals surface area contributed by atoms with Crippen LogP contribution in [0.2, 0.25) is 0 Å². The number of pyridine rings is 1. The van der Waals surface area contributed by atoms with Crippen molar-refractivity contribution in [3.63, 3.8) is 0 Å². The molecule has 2 aliphatic rings. The van der Waals surface area contributed by atoms with Crippen molar-refractivity contribution in [2.75, 3.05) is 13.1 Å². The molecular formula is C30H36N6O. The smallest absolute Gasteiger partial charge is 0.253 e. The first-order chi connectivity index (χ1) is 18.2. The van der Waals surface area contributed by atoms with E-state index in [-0.39, 0.29) is 11.6 Å². The second kappa shape index (κ2) is 10.6. The summed E-state index contributed by atoms with van der Waals surface area (Å²) in [5.41, 5.74) is 4.14. The van der Waals surface area contributed by atoms with Crippen LogP contribution in [0.4, 0.5) is 0 Å². The Morgan fingerprint density at radius 1 is 0.973 bits per heavy atom. The van der Waals surface area contributed by atoms with Gasteiger partial charge in [-0.3, -0.25) is 9.69 Å². The van der Waals surface area contributed by atoms with Crippen molar-refractivity contribution >= 4 is 10.9 Å². The zero-order chi connectivity index (χ0) is 25.2. The predicted molar refractivity (Wildman–Crippen MR) is 146 cm³/mol. The first kappa shape index (κ1) is 24.0. The molecule has 0 spiro atoms. The van der Waals surface area contributed by atoms with Gasteiger partial charge < -0.3 is 4.98 Å². The van der Waals surface area contributed by atoms with Gasteiger partial charge >= 0.3 is 0 Å². The van der Waals surface area contributed by atoms with Crippen molar-refractivity contribution in [1.29, 1.82) is 0 Å². The topological polar surface area (TPSA) is 79.7 Å². The zero-order valence-corrected chi connectivity index (χ0v) is 21.6. The second-order valence-electron chi connectivity index (χ2n) is 11.0. The Morgan fingerprint density at radius 3 is 2.54 bits per heavy atom. The fourth-order valence-electron chi connectivity index (χ4n) is 6.37. The van der Waals surface area contributed by atoms with Gasteiger partial charge in [-0.25, -0.2) is 4.68 Å². The van der Waals surface area contributed by atoms with E-state index in [1.54, 1.807) is 0 Å². The van der Waals surface area contributed by atoms with E-state index in [1.807, 2.05) is 16.8 Å². The Bertz CT molecular complexity index is 1400. The van der Waals surface area contributed by atoms with E-state index in [9.17, 15) is 4.79 Å². The number of hydrogen-bond acceptors (Lipinski definition) is 5. The van der Waals surface area contributed by atoms with E-state index in [1.165, 1.54) is 30.4 Å². The summed E-state index contributed by atoms with van der Waals surface area (Å²) in [5.74, 6) is 1.46. The molecule has 3 heterocycles. The van der Waals surface area contributed by atoms with Crippen LogP contribution in [-0.4, -0.2) is 43.2 Å². The molecule has 0 unspecified atom stereocenters. The summed E-state index contributed by atoms with van der Waals surface area (Å²) in [4.78, 5) is 19.1. The normalized spacial score (nSPS) is 18.8. The third kappa shape index (κ3) is 5.10. The number of aromatic amines is 1. The lowest BCUT2D eigenvalue weighted by Crippen LogP contribution is -2.41. The molecule has 1 aliphatic carbocycles. The highest BCUT2D eigenvalue weighted by Crippen LogP contribution is 2.35. The maximum absolute atomic E-state index is 13.5. The first-order valence-electron chi connectivity index (χ1n) is 13.8. The Balaban J connectivity index is 1.35. The molecule has 2 aromatic heterocycles. The van der Waals surface area contributed by atoms with Crippen LogP contribution in [0.25, 0.3) is 10.9 Å². The van der Waals surface area contributed by atoms with Crippen molar-refractivity contribution in [3.05, 3.63) is 87.5 Å². The molecule has 1 N–H and O–H groups in total. The summed E-state index contributed by atoms with van der Waals surface area (Å²) in [5, 5.41) is 14.2. The molecule has 0 amide bonds. The number of hydrogen-bond donors (Lipinski definition) is 1. The van der Waals surface area contributed by atoms with Crippen LogP contribution in [0, 0.1) is 12.8 Å². The maximum Gasteiger partial charge on any atom is 0.253 e. The molecule has 7 nitrogen and oxygen atoms in total. The highest BCUT2D eigenvalue weighted by molar-refractivity contribution is 5.79. The number of aryl methyl sites for hydroxylation is 1. The standard InChI is InChI=1S/C30H36N6O/c1-21-12-13-27-24(18-21)20-26(30(37)31-27)28(29-32-33-34-36(29)25-10-6-3-7-11-25)35-16-14-23(15-17-35)19-22-8-4-2-5-9-22/h2,4-5,8-9,12-13,18,20,23,25,28H,3,6-7,10-11,14-17,19H2,1H3,(H,31,37)/t28-/m0/s1. The molecule has 2 aromatic carbocycles. The summed E-state index contributed by atoms with van der Waals surface area (Å²) in [7, 11) is 0. The van der Waals surface area contributed by atoms with Crippen molar-refractivity contribution in [3.8, 4) is 0 Å². The van der Waals surface area contributed by atoms with Crippen LogP contribution in [0.5, 0.6) is 0 Å². The lowest BCUT2D eigenvalue weighted by atomic mass is 9.88. The van der Waals surface area contributed by atoms with Crippen LogP contribution in [-0.2, 0) is 6.42 Å². The molecule has 4 aromatic rings. The van der Waals surface area contributed by atoms with Gasteiger partial charge in [-0.05, 0) is 97.6 Å². The lowest BCUT2D eigenvalue weighted by Gasteiger charge is -2.37. The fourth-order valence-corrected chi connectivity index (χ4v) is 6.37. The summed E-state index contributed by atoms with van der Waals surface area (Å²) in [6, 6.07) is 19.1. The van der Waals surface area contributed by atoms with Gasteiger partial charge in [0.15, 0.2) is 5.82 Å².